The Bertz CT molecular complexity index is 872. The van der Waals surface area contributed by atoms with Crippen molar-refractivity contribution in [1.29, 1.82) is 0 Å². The average molecular weight is 444 g/mol. The minimum Gasteiger partial charge on any atom is -0.347 e. The highest BCUT2D eigenvalue weighted by Gasteiger charge is 2.37. The first-order chi connectivity index (χ1) is 13.5. The van der Waals surface area contributed by atoms with Crippen LogP contribution in [-0.2, 0) is 14.4 Å². The van der Waals surface area contributed by atoms with Crippen LogP contribution in [0.4, 0.5) is 5.69 Å². The molecule has 1 aliphatic rings. The Morgan fingerprint density at radius 3 is 2.54 bits per heavy atom. The molecule has 7 heteroatoms. The van der Waals surface area contributed by atoms with Crippen LogP contribution in [0.25, 0.3) is 0 Å². The summed E-state index contributed by atoms with van der Waals surface area (Å²) in [5, 5.41) is 5.37. The first-order valence-corrected chi connectivity index (χ1v) is 9.91. The number of para-hydroxylation sites is 1. The summed E-state index contributed by atoms with van der Waals surface area (Å²) in [5.74, 6) is -1.10. The van der Waals surface area contributed by atoms with E-state index in [1.54, 1.807) is 11.0 Å². The van der Waals surface area contributed by atoms with Gasteiger partial charge in [0, 0.05) is 17.4 Å². The smallest absolute Gasteiger partial charge is 0.243 e. The second-order valence-electron chi connectivity index (χ2n) is 6.78. The molecule has 28 heavy (non-hydrogen) atoms. The number of carbonyl (C=O) groups excluding carboxylic acids is 3. The number of halogens is 1. The third-order valence-corrected chi connectivity index (χ3v) is 5.54. The van der Waals surface area contributed by atoms with E-state index in [0.717, 1.165) is 10.0 Å². The number of hydrogen-bond acceptors (Lipinski definition) is 3. The summed E-state index contributed by atoms with van der Waals surface area (Å²) in [6, 6.07) is 16.9. The lowest BCUT2D eigenvalue weighted by molar-refractivity contribution is -0.130. The molecule has 1 aliphatic heterocycles. The maximum absolute atomic E-state index is 12.4. The zero-order chi connectivity index (χ0) is 20.1. The number of nitrogens with zero attached hydrogens (tertiary/aromatic N) is 1. The summed E-state index contributed by atoms with van der Waals surface area (Å²) < 4.78 is 0.765. The van der Waals surface area contributed by atoms with Gasteiger partial charge in [-0.05, 0) is 40.5 Å². The summed E-state index contributed by atoms with van der Waals surface area (Å²) in [6.07, 6.45) is 0.162. The Labute approximate surface area is 172 Å². The average Bonchev–Trinajstić information content (AvgIpc) is 3.10. The summed E-state index contributed by atoms with van der Waals surface area (Å²) in [7, 11) is 0. The van der Waals surface area contributed by atoms with Crippen molar-refractivity contribution in [3.05, 3.63) is 64.6 Å². The first kappa shape index (κ1) is 20.1. The van der Waals surface area contributed by atoms with Gasteiger partial charge >= 0.3 is 0 Å². The number of anilines is 1. The molecule has 0 saturated carbocycles. The zero-order valence-electron chi connectivity index (χ0n) is 15.5. The van der Waals surface area contributed by atoms with Gasteiger partial charge in [-0.3, -0.25) is 14.4 Å². The van der Waals surface area contributed by atoms with Gasteiger partial charge < -0.3 is 15.5 Å². The topological polar surface area (TPSA) is 78.5 Å². The standard InChI is InChI=1S/C21H22BrN3O3/c1-14(15-7-3-2-4-8-15)25-13-16(11-20(25)27)21(28)23-12-19(26)24-18-10-6-5-9-17(18)22/h2-10,14,16H,11-13H2,1H3,(H,23,28)(H,24,26)/t14-,16-/m0/s1. The van der Waals surface area contributed by atoms with Crippen molar-refractivity contribution in [2.75, 3.05) is 18.4 Å². The van der Waals surface area contributed by atoms with E-state index in [-0.39, 0.29) is 36.7 Å². The van der Waals surface area contributed by atoms with Crippen LogP contribution in [0.15, 0.2) is 59.1 Å². The van der Waals surface area contributed by atoms with Crippen LogP contribution >= 0.6 is 15.9 Å². The van der Waals surface area contributed by atoms with Gasteiger partial charge in [-0.2, -0.15) is 0 Å². The molecule has 2 atom stereocenters. The monoisotopic (exact) mass is 443 g/mol. The van der Waals surface area contributed by atoms with Crippen molar-refractivity contribution in [1.82, 2.24) is 10.2 Å². The summed E-state index contributed by atoms with van der Waals surface area (Å²) in [5.41, 5.74) is 1.67. The molecule has 6 nitrogen and oxygen atoms in total. The number of likely N-dealkylation sites (tertiary alicyclic amines) is 1. The normalized spacial score (nSPS) is 17.3. The highest BCUT2D eigenvalue weighted by Crippen LogP contribution is 2.28. The SMILES string of the molecule is C[C@@H](c1ccccc1)N1C[C@@H](C(=O)NCC(=O)Nc2ccccc2Br)CC1=O. The van der Waals surface area contributed by atoms with Crippen LogP contribution < -0.4 is 10.6 Å². The van der Waals surface area contributed by atoms with E-state index in [1.807, 2.05) is 55.5 Å². The molecule has 0 radical (unpaired) electrons. The van der Waals surface area contributed by atoms with Gasteiger partial charge in [-0.25, -0.2) is 0 Å². The Hall–Kier alpha value is -2.67. The minimum atomic E-state index is -0.449. The highest BCUT2D eigenvalue weighted by molar-refractivity contribution is 9.10. The van der Waals surface area contributed by atoms with Crippen molar-refractivity contribution in [3.63, 3.8) is 0 Å². The van der Waals surface area contributed by atoms with E-state index in [9.17, 15) is 14.4 Å². The lowest BCUT2D eigenvalue weighted by Crippen LogP contribution is -2.38. The fraction of sp³-hybridized carbons (Fsp3) is 0.286. The molecule has 146 valence electrons. The predicted molar refractivity (Wildman–Crippen MR) is 110 cm³/mol. The molecule has 0 spiro atoms. The maximum Gasteiger partial charge on any atom is 0.243 e. The van der Waals surface area contributed by atoms with E-state index in [1.165, 1.54) is 0 Å². The van der Waals surface area contributed by atoms with Crippen LogP contribution in [0.3, 0.4) is 0 Å². The van der Waals surface area contributed by atoms with Gasteiger partial charge in [0.1, 0.15) is 0 Å². The van der Waals surface area contributed by atoms with Crippen molar-refractivity contribution in [2.24, 2.45) is 5.92 Å². The number of benzene rings is 2. The fourth-order valence-electron chi connectivity index (χ4n) is 3.26. The first-order valence-electron chi connectivity index (χ1n) is 9.12. The third-order valence-electron chi connectivity index (χ3n) is 4.85. The van der Waals surface area contributed by atoms with E-state index >= 15 is 0 Å². The molecule has 0 aliphatic carbocycles. The summed E-state index contributed by atoms with van der Waals surface area (Å²) in [6.45, 7) is 2.17. The molecule has 0 bridgehead atoms. The van der Waals surface area contributed by atoms with Crippen LogP contribution in [0.1, 0.15) is 24.9 Å². The van der Waals surface area contributed by atoms with Crippen LogP contribution in [0, 0.1) is 5.92 Å². The van der Waals surface area contributed by atoms with Gasteiger partial charge in [0.25, 0.3) is 0 Å². The number of nitrogens with one attached hydrogen (secondary N) is 2. The molecule has 2 N–H and O–H groups in total. The van der Waals surface area contributed by atoms with Gasteiger partial charge in [0.2, 0.25) is 17.7 Å². The van der Waals surface area contributed by atoms with E-state index in [4.69, 9.17) is 0 Å². The van der Waals surface area contributed by atoms with E-state index in [0.29, 0.717) is 12.2 Å². The molecule has 1 heterocycles. The molecule has 1 fully saturated rings. The third kappa shape index (κ3) is 4.78. The molecular weight excluding hydrogens is 422 g/mol. The Balaban J connectivity index is 1.52. The molecule has 3 rings (SSSR count). The lowest BCUT2D eigenvalue weighted by Gasteiger charge is -2.25. The maximum atomic E-state index is 12.4. The van der Waals surface area contributed by atoms with Gasteiger partial charge in [0.15, 0.2) is 0 Å². The lowest BCUT2D eigenvalue weighted by atomic mass is 10.1. The minimum absolute atomic E-state index is 0.0471. The largest absolute Gasteiger partial charge is 0.347 e. The second-order valence-corrected chi connectivity index (χ2v) is 7.63. The summed E-state index contributed by atoms with van der Waals surface area (Å²) >= 11 is 3.36. The number of rotatable bonds is 6. The predicted octanol–water partition coefficient (Wildman–Crippen LogP) is 3.11. The van der Waals surface area contributed by atoms with E-state index in [2.05, 4.69) is 26.6 Å². The highest BCUT2D eigenvalue weighted by atomic mass is 79.9. The van der Waals surface area contributed by atoms with E-state index < -0.39 is 5.92 Å². The van der Waals surface area contributed by atoms with Gasteiger partial charge in [-0.1, -0.05) is 42.5 Å². The molecule has 3 amide bonds. The zero-order valence-corrected chi connectivity index (χ0v) is 17.1. The molecular formula is C21H22BrN3O3. The summed E-state index contributed by atoms with van der Waals surface area (Å²) in [4.78, 5) is 38.6. The molecule has 2 aromatic rings. The van der Waals surface area contributed by atoms with Crippen LogP contribution in [-0.4, -0.2) is 35.7 Å². The van der Waals surface area contributed by atoms with Gasteiger partial charge in [0.05, 0.1) is 24.2 Å². The number of amides is 3. The Kier molecular flexibility index (Phi) is 6.46. The van der Waals surface area contributed by atoms with Crippen LogP contribution in [0.5, 0.6) is 0 Å². The number of hydrogen-bond donors (Lipinski definition) is 2. The number of carbonyl (C=O) groups is 3. The van der Waals surface area contributed by atoms with Crippen molar-refractivity contribution in [3.8, 4) is 0 Å². The second kappa shape index (κ2) is 9.01. The van der Waals surface area contributed by atoms with Crippen molar-refractivity contribution >= 4 is 39.3 Å². The molecule has 0 aromatic heterocycles. The van der Waals surface area contributed by atoms with Crippen LogP contribution in [0.2, 0.25) is 0 Å². The Morgan fingerprint density at radius 2 is 1.82 bits per heavy atom. The quantitative estimate of drug-likeness (QED) is 0.719. The molecule has 1 saturated heterocycles. The van der Waals surface area contributed by atoms with Crippen molar-refractivity contribution < 1.29 is 14.4 Å². The molecule has 2 aromatic carbocycles. The molecule has 0 unspecified atom stereocenters. The Morgan fingerprint density at radius 1 is 1.14 bits per heavy atom. The van der Waals surface area contributed by atoms with Gasteiger partial charge in [-0.15, -0.1) is 0 Å². The fourth-order valence-corrected chi connectivity index (χ4v) is 3.65. The van der Waals surface area contributed by atoms with Crippen molar-refractivity contribution in [2.45, 2.75) is 19.4 Å².